The molecule has 0 aliphatic heterocycles. The molecule has 0 aliphatic carbocycles. The third-order valence-corrected chi connectivity index (χ3v) is 5.53. The molecule has 0 fully saturated rings. The molecule has 2 aromatic heterocycles. The Morgan fingerprint density at radius 3 is 2.74 bits per heavy atom. The molecule has 31 heavy (non-hydrogen) atoms. The lowest BCUT2D eigenvalue weighted by Crippen LogP contribution is -2.30. The Kier molecular flexibility index (Phi) is 5.99. The SMILES string of the molecule is Cc1ccc([C@H](C)NC(=O)Cn2cccc2-c2nc(-c3ccc(F)c(Br)c3)no2)cc1. The van der Waals surface area contributed by atoms with Crippen LogP contribution in [-0.2, 0) is 11.3 Å². The van der Waals surface area contributed by atoms with Crippen molar-refractivity contribution in [1.29, 1.82) is 0 Å². The van der Waals surface area contributed by atoms with Crippen LogP contribution in [0.2, 0.25) is 0 Å². The summed E-state index contributed by atoms with van der Waals surface area (Å²) < 4.78 is 20.9. The van der Waals surface area contributed by atoms with Crippen molar-refractivity contribution < 1.29 is 13.7 Å². The van der Waals surface area contributed by atoms with E-state index >= 15 is 0 Å². The number of nitrogens with one attached hydrogen (secondary N) is 1. The van der Waals surface area contributed by atoms with E-state index in [-0.39, 0.29) is 30.2 Å². The maximum atomic E-state index is 13.5. The van der Waals surface area contributed by atoms with E-state index in [9.17, 15) is 9.18 Å². The molecule has 0 radical (unpaired) electrons. The molecular weight excluding hydrogens is 463 g/mol. The van der Waals surface area contributed by atoms with E-state index in [1.165, 1.54) is 11.6 Å². The number of hydrogen-bond acceptors (Lipinski definition) is 4. The van der Waals surface area contributed by atoms with Gasteiger partial charge in [0, 0.05) is 11.8 Å². The van der Waals surface area contributed by atoms with Gasteiger partial charge in [0.15, 0.2) is 0 Å². The van der Waals surface area contributed by atoms with E-state index in [1.807, 2.05) is 44.2 Å². The molecule has 8 heteroatoms. The number of aryl methyl sites for hydroxylation is 1. The minimum Gasteiger partial charge on any atom is -0.348 e. The normalized spacial score (nSPS) is 12.0. The van der Waals surface area contributed by atoms with Crippen molar-refractivity contribution in [2.24, 2.45) is 0 Å². The molecule has 4 rings (SSSR count). The number of rotatable bonds is 6. The smallest absolute Gasteiger partial charge is 0.274 e. The molecule has 1 atom stereocenters. The van der Waals surface area contributed by atoms with E-state index in [2.05, 4.69) is 31.4 Å². The molecule has 0 unspecified atom stereocenters. The Labute approximate surface area is 187 Å². The highest BCUT2D eigenvalue weighted by Crippen LogP contribution is 2.26. The van der Waals surface area contributed by atoms with Crippen LogP contribution in [0.3, 0.4) is 0 Å². The standard InChI is InChI=1S/C23H20BrFN4O2/c1-14-5-7-16(8-6-14)15(2)26-21(30)13-29-11-3-4-20(29)23-27-22(28-31-23)17-9-10-19(25)18(24)12-17/h3-12,15H,13H2,1-2H3,(H,26,30)/t15-/m0/s1. The summed E-state index contributed by atoms with van der Waals surface area (Å²) in [6, 6.07) is 16.1. The van der Waals surface area contributed by atoms with Crippen molar-refractivity contribution in [3.8, 4) is 23.0 Å². The molecular formula is C23H20BrFN4O2. The van der Waals surface area contributed by atoms with Gasteiger partial charge in [-0.3, -0.25) is 4.79 Å². The summed E-state index contributed by atoms with van der Waals surface area (Å²) in [6.45, 7) is 4.08. The van der Waals surface area contributed by atoms with Gasteiger partial charge in [0.2, 0.25) is 11.7 Å². The molecule has 2 heterocycles. The zero-order valence-corrected chi connectivity index (χ0v) is 18.6. The lowest BCUT2D eigenvalue weighted by atomic mass is 10.1. The molecule has 0 aliphatic rings. The number of carbonyl (C=O) groups excluding carboxylic acids is 1. The Hall–Kier alpha value is -3.26. The third kappa shape index (κ3) is 4.74. The highest BCUT2D eigenvalue weighted by Gasteiger charge is 2.17. The van der Waals surface area contributed by atoms with Gasteiger partial charge in [-0.2, -0.15) is 4.98 Å². The van der Waals surface area contributed by atoms with Crippen LogP contribution < -0.4 is 5.32 Å². The molecule has 2 aromatic carbocycles. The number of amides is 1. The fraction of sp³-hybridized carbons (Fsp3) is 0.174. The van der Waals surface area contributed by atoms with Gasteiger partial charge in [0.25, 0.3) is 5.89 Å². The summed E-state index contributed by atoms with van der Waals surface area (Å²) in [5.74, 6) is 0.112. The van der Waals surface area contributed by atoms with Gasteiger partial charge in [0.1, 0.15) is 18.1 Å². The average molecular weight is 483 g/mol. The largest absolute Gasteiger partial charge is 0.348 e. The van der Waals surface area contributed by atoms with E-state index in [0.717, 1.165) is 5.56 Å². The van der Waals surface area contributed by atoms with Crippen molar-refractivity contribution in [3.63, 3.8) is 0 Å². The van der Waals surface area contributed by atoms with Crippen molar-refractivity contribution in [2.45, 2.75) is 26.4 Å². The number of aromatic nitrogens is 3. The maximum Gasteiger partial charge on any atom is 0.274 e. The molecule has 4 aromatic rings. The summed E-state index contributed by atoms with van der Waals surface area (Å²) in [5.41, 5.74) is 3.45. The fourth-order valence-electron chi connectivity index (χ4n) is 3.21. The Bertz CT molecular complexity index is 1220. The second-order valence-electron chi connectivity index (χ2n) is 7.27. The van der Waals surface area contributed by atoms with Crippen molar-refractivity contribution in [3.05, 3.63) is 82.2 Å². The first kappa shape index (κ1) is 21.0. The molecule has 1 amide bonds. The lowest BCUT2D eigenvalue weighted by molar-refractivity contribution is -0.122. The summed E-state index contributed by atoms with van der Waals surface area (Å²) in [6.07, 6.45) is 1.78. The Balaban J connectivity index is 1.48. The Morgan fingerprint density at radius 2 is 2.00 bits per heavy atom. The zero-order chi connectivity index (χ0) is 22.0. The van der Waals surface area contributed by atoms with E-state index in [0.29, 0.717) is 21.6 Å². The minimum absolute atomic E-state index is 0.109. The highest BCUT2D eigenvalue weighted by atomic mass is 79.9. The highest BCUT2D eigenvalue weighted by molar-refractivity contribution is 9.10. The summed E-state index contributed by atoms with van der Waals surface area (Å²) in [4.78, 5) is 17.0. The number of nitrogens with zero attached hydrogens (tertiary/aromatic N) is 3. The first-order valence-corrected chi connectivity index (χ1v) is 10.5. The molecule has 0 spiro atoms. The van der Waals surface area contributed by atoms with E-state index < -0.39 is 0 Å². The molecule has 6 nitrogen and oxygen atoms in total. The van der Waals surface area contributed by atoms with Crippen LogP contribution >= 0.6 is 15.9 Å². The monoisotopic (exact) mass is 482 g/mol. The maximum absolute atomic E-state index is 13.5. The summed E-state index contributed by atoms with van der Waals surface area (Å²) in [5, 5.41) is 6.99. The quantitative estimate of drug-likeness (QED) is 0.405. The van der Waals surface area contributed by atoms with Crippen LogP contribution in [0.25, 0.3) is 23.0 Å². The van der Waals surface area contributed by atoms with Crippen LogP contribution in [0.4, 0.5) is 4.39 Å². The number of benzene rings is 2. The van der Waals surface area contributed by atoms with Crippen LogP contribution in [0, 0.1) is 12.7 Å². The van der Waals surface area contributed by atoms with Crippen molar-refractivity contribution in [1.82, 2.24) is 20.0 Å². The predicted molar refractivity (Wildman–Crippen MR) is 119 cm³/mol. The van der Waals surface area contributed by atoms with Gasteiger partial charge in [-0.05, 0) is 65.7 Å². The average Bonchev–Trinajstić information content (AvgIpc) is 3.40. The molecule has 1 N–H and O–H groups in total. The second-order valence-corrected chi connectivity index (χ2v) is 8.13. The third-order valence-electron chi connectivity index (χ3n) is 4.92. The van der Waals surface area contributed by atoms with Gasteiger partial charge >= 0.3 is 0 Å². The van der Waals surface area contributed by atoms with Crippen LogP contribution in [0.1, 0.15) is 24.1 Å². The topological polar surface area (TPSA) is 73.0 Å². The van der Waals surface area contributed by atoms with Crippen molar-refractivity contribution >= 4 is 21.8 Å². The number of carbonyl (C=O) groups is 1. The molecule has 0 saturated carbocycles. The number of hydrogen-bond donors (Lipinski definition) is 1. The van der Waals surface area contributed by atoms with Gasteiger partial charge in [-0.25, -0.2) is 4.39 Å². The van der Waals surface area contributed by atoms with Crippen LogP contribution in [-0.4, -0.2) is 20.6 Å². The van der Waals surface area contributed by atoms with Crippen LogP contribution in [0.15, 0.2) is 69.8 Å². The van der Waals surface area contributed by atoms with Gasteiger partial charge in [-0.15, -0.1) is 0 Å². The summed E-state index contributed by atoms with van der Waals surface area (Å²) in [7, 11) is 0. The second kappa shape index (κ2) is 8.85. The van der Waals surface area contributed by atoms with Gasteiger partial charge < -0.3 is 14.4 Å². The van der Waals surface area contributed by atoms with Crippen LogP contribution in [0.5, 0.6) is 0 Å². The molecule has 0 saturated heterocycles. The fourth-order valence-corrected chi connectivity index (χ4v) is 3.59. The van der Waals surface area contributed by atoms with E-state index in [1.54, 1.807) is 29.0 Å². The molecule has 0 bridgehead atoms. The van der Waals surface area contributed by atoms with Gasteiger partial charge in [-0.1, -0.05) is 35.0 Å². The first-order valence-electron chi connectivity index (χ1n) is 9.71. The van der Waals surface area contributed by atoms with Gasteiger partial charge in [0.05, 0.1) is 10.5 Å². The van der Waals surface area contributed by atoms with Crippen molar-refractivity contribution in [2.75, 3.05) is 0 Å². The number of halogens is 2. The van der Waals surface area contributed by atoms with E-state index in [4.69, 9.17) is 4.52 Å². The summed E-state index contributed by atoms with van der Waals surface area (Å²) >= 11 is 3.16. The zero-order valence-electron chi connectivity index (χ0n) is 17.0. The first-order chi connectivity index (χ1) is 14.9. The minimum atomic E-state index is -0.368. The molecule has 158 valence electrons. The lowest BCUT2D eigenvalue weighted by Gasteiger charge is -2.15. The predicted octanol–water partition coefficient (Wildman–Crippen LogP) is 5.29. The Morgan fingerprint density at radius 1 is 1.23 bits per heavy atom.